The highest BCUT2D eigenvalue weighted by molar-refractivity contribution is 6.15. The third kappa shape index (κ3) is 5.33. The maximum absolute atomic E-state index is 13.5. The lowest BCUT2D eigenvalue weighted by molar-refractivity contribution is 0.0947. The Kier molecular flexibility index (Phi) is 7.03. The van der Waals surface area contributed by atoms with E-state index in [4.69, 9.17) is 5.26 Å². The van der Waals surface area contributed by atoms with Gasteiger partial charge in [0.2, 0.25) is 0 Å². The first-order chi connectivity index (χ1) is 18.4. The standard InChI is InChI=1S/C30H28N6O2/c1-34(2)20-24-7-3-5-22(16-24)15-21-9-11-26(12-10-21)35-13-14-36-28(30(35)38)27(19-32-36)29(37)33-25-8-4-6-23(17-25)18-31/h3-12,16-17,19H,13-15,20H2,1-2H3,(H,33,37). The van der Waals surface area contributed by atoms with Crippen LogP contribution in [0.5, 0.6) is 0 Å². The Morgan fingerprint density at radius 3 is 2.53 bits per heavy atom. The lowest BCUT2D eigenvalue weighted by Gasteiger charge is -2.28. The van der Waals surface area contributed by atoms with Gasteiger partial charge < -0.3 is 15.1 Å². The Morgan fingerprint density at radius 1 is 1.00 bits per heavy atom. The van der Waals surface area contributed by atoms with Crippen molar-refractivity contribution < 1.29 is 9.59 Å². The lowest BCUT2D eigenvalue weighted by atomic mass is 10.0. The number of hydrogen-bond acceptors (Lipinski definition) is 5. The molecule has 0 fully saturated rings. The minimum absolute atomic E-state index is 0.205. The number of nitrogens with zero attached hydrogens (tertiary/aromatic N) is 5. The van der Waals surface area contributed by atoms with E-state index < -0.39 is 5.91 Å². The van der Waals surface area contributed by atoms with Gasteiger partial charge in [0.05, 0.1) is 29.9 Å². The second-order valence-corrected chi connectivity index (χ2v) is 9.63. The molecule has 0 atom stereocenters. The summed E-state index contributed by atoms with van der Waals surface area (Å²) >= 11 is 0. The van der Waals surface area contributed by atoms with Crippen molar-refractivity contribution in [3.05, 3.63) is 113 Å². The van der Waals surface area contributed by atoms with Crippen molar-refractivity contribution in [3.63, 3.8) is 0 Å². The van der Waals surface area contributed by atoms with E-state index in [1.165, 1.54) is 17.3 Å². The van der Waals surface area contributed by atoms with Gasteiger partial charge in [-0.1, -0.05) is 42.5 Å². The third-order valence-electron chi connectivity index (χ3n) is 6.46. The van der Waals surface area contributed by atoms with Gasteiger partial charge >= 0.3 is 0 Å². The van der Waals surface area contributed by atoms with E-state index in [1.54, 1.807) is 33.8 Å². The molecule has 0 saturated carbocycles. The molecule has 4 aromatic rings. The lowest BCUT2D eigenvalue weighted by Crippen LogP contribution is -2.41. The van der Waals surface area contributed by atoms with Gasteiger partial charge in [-0.3, -0.25) is 14.3 Å². The summed E-state index contributed by atoms with van der Waals surface area (Å²) in [4.78, 5) is 30.3. The van der Waals surface area contributed by atoms with Gasteiger partial charge in [-0.25, -0.2) is 0 Å². The van der Waals surface area contributed by atoms with Crippen molar-refractivity contribution in [1.82, 2.24) is 14.7 Å². The predicted octanol–water partition coefficient (Wildman–Crippen LogP) is 4.32. The summed E-state index contributed by atoms with van der Waals surface area (Å²) in [5.74, 6) is -0.711. The largest absolute Gasteiger partial charge is 0.322 e. The van der Waals surface area contributed by atoms with Crippen LogP contribution in [-0.4, -0.2) is 47.1 Å². The zero-order chi connectivity index (χ0) is 26.6. The van der Waals surface area contributed by atoms with E-state index >= 15 is 0 Å². The summed E-state index contributed by atoms with van der Waals surface area (Å²) in [5, 5.41) is 16.2. The SMILES string of the molecule is CN(C)Cc1cccc(Cc2ccc(N3CCn4ncc(C(=O)Nc5cccc(C#N)c5)c4C3=O)cc2)c1. The summed E-state index contributed by atoms with van der Waals surface area (Å²) in [6.07, 6.45) is 2.23. The Morgan fingerprint density at radius 2 is 1.76 bits per heavy atom. The second kappa shape index (κ2) is 10.7. The minimum atomic E-state index is -0.441. The van der Waals surface area contributed by atoms with E-state index in [1.807, 2.05) is 24.3 Å². The van der Waals surface area contributed by atoms with Crippen molar-refractivity contribution in [1.29, 1.82) is 5.26 Å². The molecule has 2 amide bonds. The van der Waals surface area contributed by atoms with Crippen molar-refractivity contribution in [2.45, 2.75) is 19.5 Å². The highest BCUT2D eigenvalue weighted by Crippen LogP contribution is 2.25. The maximum atomic E-state index is 13.5. The van der Waals surface area contributed by atoms with Gasteiger partial charge in [-0.15, -0.1) is 0 Å². The number of rotatable bonds is 7. The van der Waals surface area contributed by atoms with Crippen LogP contribution in [0.3, 0.4) is 0 Å². The average molecular weight is 505 g/mol. The Balaban J connectivity index is 1.31. The molecule has 0 bridgehead atoms. The molecule has 1 aliphatic rings. The average Bonchev–Trinajstić information content (AvgIpc) is 3.35. The number of carbonyl (C=O) groups is 2. The van der Waals surface area contributed by atoms with Gasteiger partial charge in [0.1, 0.15) is 5.69 Å². The molecule has 1 N–H and O–H groups in total. The summed E-state index contributed by atoms with van der Waals surface area (Å²) in [6, 6.07) is 25.3. The molecule has 0 spiro atoms. The van der Waals surface area contributed by atoms with E-state index in [9.17, 15) is 9.59 Å². The molecule has 3 aromatic carbocycles. The van der Waals surface area contributed by atoms with Crippen LogP contribution in [0.15, 0.2) is 79.0 Å². The number of nitrogens with one attached hydrogen (secondary N) is 1. The number of hydrogen-bond donors (Lipinski definition) is 1. The molecule has 190 valence electrons. The number of nitriles is 1. The molecular formula is C30H28N6O2. The first kappa shape index (κ1) is 24.9. The van der Waals surface area contributed by atoms with E-state index in [0.29, 0.717) is 24.3 Å². The van der Waals surface area contributed by atoms with Crippen molar-refractivity contribution in [2.75, 3.05) is 30.9 Å². The van der Waals surface area contributed by atoms with Crippen LogP contribution in [0.1, 0.15) is 43.1 Å². The van der Waals surface area contributed by atoms with Crippen LogP contribution >= 0.6 is 0 Å². The quantitative estimate of drug-likeness (QED) is 0.405. The summed E-state index contributed by atoms with van der Waals surface area (Å²) in [7, 11) is 4.12. The molecule has 1 aliphatic heterocycles. The van der Waals surface area contributed by atoms with Gasteiger partial charge in [0.25, 0.3) is 11.8 Å². The topological polar surface area (TPSA) is 94.3 Å². The molecule has 8 heteroatoms. The van der Waals surface area contributed by atoms with Crippen LogP contribution in [0, 0.1) is 11.3 Å². The maximum Gasteiger partial charge on any atom is 0.277 e. The highest BCUT2D eigenvalue weighted by atomic mass is 16.2. The highest BCUT2D eigenvalue weighted by Gasteiger charge is 2.32. The Hall–Kier alpha value is -4.74. The Labute approximate surface area is 221 Å². The number of amides is 2. The molecule has 8 nitrogen and oxygen atoms in total. The first-order valence-corrected chi connectivity index (χ1v) is 12.4. The fourth-order valence-electron chi connectivity index (χ4n) is 4.71. The molecule has 38 heavy (non-hydrogen) atoms. The van der Waals surface area contributed by atoms with Crippen LogP contribution < -0.4 is 10.2 Å². The molecule has 2 heterocycles. The molecule has 5 rings (SSSR count). The molecule has 0 aliphatic carbocycles. The van der Waals surface area contributed by atoms with Crippen LogP contribution in [0.25, 0.3) is 0 Å². The molecule has 0 saturated heterocycles. The number of anilines is 2. The zero-order valence-corrected chi connectivity index (χ0v) is 21.4. The first-order valence-electron chi connectivity index (χ1n) is 12.4. The van der Waals surface area contributed by atoms with E-state index in [0.717, 1.165) is 24.2 Å². The second-order valence-electron chi connectivity index (χ2n) is 9.63. The predicted molar refractivity (Wildman–Crippen MR) is 146 cm³/mol. The van der Waals surface area contributed by atoms with Gasteiger partial charge in [0, 0.05) is 24.5 Å². The van der Waals surface area contributed by atoms with E-state index in [-0.39, 0.29) is 17.2 Å². The summed E-state index contributed by atoms with van der Waals surface area (Å²) < 4.78 is 1.58. The van der Waals surface area contributed by atoms with Crippen LogP contribution in [0.2, 0.25) is 0 Å². The number of fused-ring (bicyclic) bond motifs is 1. The normalized spacial score (nSPS) is 12.8. The van der Waals surface area contributed by atoms with Crippen molar-refractivity contribution in [3.8, 4) is 6.07 Å². The smallest absolute Gasteiger partial charge is 0.277 e. The van der Waals surface area contributed by atoms with Gasteiger partial charge in [0.15, 0.2) is 0 Å². The number of carbonyl (C=O) groups excluding carboxylic acids is 2. The molecular weight excluding hydrogens is 476 g/mol. The summed E-state index contributed by atoms with van der Waals surface area (Å²) in [6.45, 7) is 1.84. The van der Waals surface area contributed by atoms with Crippen molar-refractivity contribution >= 4 is 23.2 Å². The summed E-state index contributed by atoms with van der Waals surface area (Å²) in [5.41, 5.74) is 5.83. The Bertz CT molecular complexity index is 1530. The minimum Gasteiger partial charge on any atom is -0.322 e. The fraction of sp³-hybridized carbons (Fsp3) is 0.200. The van der Waals surface area contributed by atoms with Gasteiger partial charge in [-0.2, -0.15) is 10.4 Å². The zero-order valence-electron chi connectivity index (χ0n) is 21.4. The molecule has 0 unspecified atom stereocenters. The molecule has 1 aromatic heterocycles. The van der Waals surface area contributed by atoms with Gasteiger partial charge in [-0.05, 0) is 67.5 Å². The van der Waals surface area contributed by atoms with E-state index in [2.05, 4.69) is 59.7 Å². The van der Waals surface area contributed by atoms with Crippen LogP contribution in [0.4, 0.5) is 11.4 Å². The third-order valence-corrected chi connectivity index (χ3v) is 6.46. The van der Waals surface area contributed by atoms with Crippen LogP contribution in [-0.2, 0) is 19.5 Å². The number of aromatic nitrogens is 2. The van der Waals surface area contributed by atoms with Crippen molar-refractivity contribution in [2.24, 2.45) is 0 Å². The number of benzene rings is 3. The monoisotopic (exact) mass is 504 g/mol. The fourth-order valence-corrected chi connectivity index (χ4v) is 4.71. The molecule has 0 radical (unpaired) electrons.